The lowest BCUT2D eigenvalue weighted by atomic mass is 10.2. The fourth-order valence-electron chi connectivity index (χ4n) is 1.83. The third-order valence-electron chi connectivity index (χ3n) is 2.98. The van der Waals surface area contributed by atoms with E-state index in [2.05, 4.69) is 27.5 Å². The smallest absolute Gasteiger partial charge is 0.204 e. The molecule has 0 unspecified atom stereocenters. The van der Waals surface area contributed by atoms with Crippen molar-refractivity contribution < 1.29 is 4.74 Å². The minimum atomic E-state index is 0.586. The van der Waals surface area contributed by atoms with Crippen LogP contribution in [-0.2, 0) is 0 Å². The van der Waals surface area contributed by atoms with Gasteiger partial charge in [-0.25, -0.2) is 9.97 Å². The van der Waals surface area contributed by atoms with Gasteiger partial charge in [0.1, 0.15) is 6.33 Å². The van der Waals surface area contributed by atoms with E-state index in [4.69, 9.17) is 16.3 Å². The number of nitrogens with one attached hydrogen (secondary N) is 2. The Morgan fingerprint density at radius 3 is 2.67 bits per heavy atom. The molecular formula is C15H19ClN4O. The number of hydrogen-bond acceptors (Lipinski definition) is 5. The molecule has 0 aliphatic rings. The first kappa shape index (κ1) is 15.4. The summed E-state index contributed by atoms with van der Waals surface area (Å²) in [5.41, 5.74) is 1.88. The van der Waals surface area contributed by atoms with Crippen molar-refractivity contribution in [3.63, 3.8) is 0 Å². The summed E-state index contributed by atoms with van der Waals surface area (Å²) in [5, 5.41) is 7.13. The average molecular weight is 307 g/mol. The Balaban J connectivity index is 2.28. The molecule has 1 aromatic carbocycles. The van der Waals surface area contributed by atoms with Gasteiger partial charge in [-0.1, -0.05) is 24.6 Å². The van der Waals surface area contributed by atoms with Gasteiger partial charge in [0.25, 0.3) is 0 Å². The monoisotopic (exact) mass is 306 g/mol. The molecule has 1 aromatic heterocycles. The van der Waals surface area contributed by atoms with Gasteiger partial charge in [-0.3, -0.25) is 0 Å². The quantitative estimate of drug-likeness (QED) is 0.844. The topological polar surface area (TPSA) is 59.1 Å². The molecule has 0 atom stereocenters. The summed E-state index contributed by atoms with van der Waals surface area (Å²) in [6.07, 6.45) is 2.50. The van der Waals surface area contributed by atoms with Crippen molar-refractivity contribution >= 4 is 28.9 Å². The molecule has 112 valence electrons. The Labute approximate surface area is 129 Å². The van der Waals surface area contributed by atoms with Gasteiger partial charge in [-0.15, -0.1) is 0 Å². The number of methoxy groups -OCH3 is 1. The molecule has 0 spiro atoms. The van der Waals surface area contributed by atoms with Gasteiger partial charge in [-0.2, -0.15) is 0 Å². The molecular weight excluding hydrogens is 288 g/mol. The molecule has 2 aromatic rings. The highest BCUT2D eigenvalue weighted by Gasteiger charge is 2.12. The number of nitrogens with zero attached hydrogens (tertiary/aromatic N) is 2. The second-order valence-electron chi connectivity index (χ2n) is 4.62. The van der Waals surface area contributed by atoms with Gasteiger partial charge in [0, 0.05) is 17.3 Å². The number of aryl methyl sites for hydroxylation is 1. The molecule has 0 radical (unpaired) electrons. The minimum Gasteiger partial charge on any atom is -0.490 e. The lowest BCUT2D eigenvalue weighted by Crippen LogP contribution is -2.07. The third kappa shape index (κ3) is 3.76. The molecule has 0 aliphatic carbocycles. The van der Waals surface area contributed by atoms with Crippen LogP contribution in [-0.4, -0.2) is 23.6 Å². The molecule has 2 N–H and O–H groups in total. The van der Waals surface area contributed by atoms with Gasteiger partial charge in [-0.05, 0) is 31.0 Å². The number of aromatic nitrogens is 2. The first-order valence-corrected chi connectivity index (χ1v) is 7.19. The van der Waals surface area contributed by atoms with E-state index in [1.165, 1.54) is 6.33 Å². The molecule has 6 heteroatoms. The Bertz CT molecular complexity index is 619. The van der Waals surface area contributed by atoms with Crippen LogP contribution in [0, 0.1) is 6.92 Å². The molecule has 0 saturated carbocycles. The average Bonchev–Trinajstić information content (AvgIpc) is 2.49. The molecule has 21 heavy (non-hydrogen) atoms. The Morgan fingerprint density at radius 1 is 1.24 bits per heavy atom. The lowest BCUT2D eigenvalue weighted by Gasteiger charge is -2.14. The van der Waals surface area contributed by atoms with E-state index >= 15 is 0 Å². The summed E-state index contributed by atoms with van der Waals surface area (Å²) in [7, 11) is 1.60. The Kier molecular flexibility index (Phi) is 5.22. The van der Waals surface area contributed by atoms with E-state index in [1.807, 2.05) is 25.1 Å². The summed E-state index contributed by atoms with van der Waals surface area (Å²) >= 11 is 6.14. The highest BCUT2D eigenvalue weighted by molar-refractivity contribution is 6.31. The molecule has 0 saturated heterocycles. The standard InChI is InChI=1S/C15H19ClN4O/c1-4-7-17-14-13(21-3)15(19-9-18-14)20-11-6-5-10(2)12(16)8-11/h5-6,8-9H,4,7H2,1-3H3,(H2,17,18,19,20). The maximum absolute atomic E-state index is 6.14. The van der Waals surface area contributed by atoms with Gasteiger partial charge < -0.3 is 15.4 Å². The van der Waals surface area contributed by atoms with Crippen LogP contribution in [0.15, 0.2) is 24.5 Å². The maximum Gasteiger partial charge on any atom is 0.204 e. The Morgan fingerprint density at radius 2 is 2.00 bits per heavy atom. The van der Waals surface area contributed by atoms with Crippen molar-refractivity contribution in [1.82, 2.24) is 9.97 Å². The summed E-state index contributed by atoms with van der Waals surface area (Å²) in [5.74, 6) is 1.86. The SMILES string of the molecule is CCCNc1ncnc(Nc2ccc(C)c(Cl)c2)c1OC. The van der Waals surface area contributed by atoms with Gasteiger partial charge in [0.15, 0.2) is 11.6 Å². The normalized spacial score (nSPS) is 10.3. The van der Waals surface area contributed by atoms with E-state index in [1.54, 1.807) is 7.11 Å². The lowest BCUT2D eigenvalue weighted by molar-refractivity contribution is 0.415. The predicted molar refractivity (Wildman–Crippen MR) is 86.8 cm³/mol. The number of anilines is 3. The van der Waals surface area contributed by atoms with E-state index in [0.29, 0.717) is 22.4 Å². The molecule has 5 nitrogen and oxygen atoms in total. The van der Waals surface area contributed by atoms with Crippen LogP contribution < -0.4 is 15.4 Å². The van der Waals surface area contributed by atoms with Crippen LogP contribution >= 0.6 is 11.6 Å². The first-order valence-electron chi connectivity index (χ1n) is 6.81. The minimum absolute atomic E-state index is 0.586. The van der Waals surface area contributed by atoms with E-state index in [9.17, 15) is 0 Å². The number of halogens is 1. The summed E-state index contributed by atoms with van der Waals surface area (Å²) < 4.78 is 5.42. The number of ether oxygens (including phenoxy) is 1. The molecule has 1 heterocycles. The summed E-state index contributed by atoms with van der Waals surface area (Å²) in [6, 6.07) is 5.76. The zero-order valence-corrected chi connectivity index (χ0v) is 13.2. The van der Waals surface area contributed by atoms with Crippen LogP contribution in [0.1, 0.15) is 18.9 Å². The van der Waals surface area contributed by atoms with Gasteiger partial charge in [0.2, 0.25) is 5.75 Å². The van der Waals surface area contributed by atoms with Crippen molar-refractivity contribution in [1.29, 1.82) is 0 Å². The molecule has 0 amide bonds. The molecule has 2 rings (SSSR count). The van der Waals surface area contributed by atoms with Gasteiger partial charge >= 0.3 is 0 Å². The van der Waals surface area contributed by atoms with Crippen molar-refractivity contribution in [3.05, 3.63) is 35.1 Å². The number of benzene rings is 1. The molecule has 0 aliphatic heterocycles. The van der Waals surface area contributed by atoms with Crippen molar-refractivity contribution in [3.8, 4) is 5.75 Å². The predicted octanol–water partition coefficient (Wildman–Crippen LogP) is 4.01. The first-order chi connectivity index (χ1) is 10.2. The largest absolute Gasteiger partial charge is 0.490 e. The van der Waals surface area contributed by atoms with E-state index < -0.39 is 0 Å². The second kappa shape index (κ2) is 7.13. The van der Waals surface area contributed by atoms with Gasteiger partial charge in [0.05, 0.1) is 7.11 Å². The van der Waals surface area contributed by atoms with Crippen LogP contribution in [0.2, 0.25) is 5.02 Å². The number of rotatable bonds is 6. The summed E-state index contributed by atoms with van der Waals surface area (Å²) in [6.45, 7) is 4.88. The summed E-state index contributed by atoms with van der Waals surface area (Å²) in [4.78, 5) is 8.44. The van der Waals surface area contributed by atoms with Crippen LogP contribution in [0.25, 0.3) is 0 Å². The highest BCUT2D eigenvalue weighted by atomic mass is 35.5. The van der Waals surface area contributed by atoms with Crippen molar-refractivity contribution in [2.45, 2.75) is 20.3 Å². The van der Waals surface area contributed by atoms with Crippen LogP contribution in [0.3, 0.4) is 0 Å². The van der Waals surface area contributed by atoms with E-state index in [-0.39, 0.29) is 0 Å². The third-order valence-corrected chi connectivity index (χ3v) is 3.39. The fraction of sp³-hybridized carbons (Fsp3) is 0.333. The zero-order valence-electron chi connectivity index (χ0n) is 12.4. The van der Waals surface area contributed by atoms with Crippen LogP contribution in [0.5, 0.6) is 5.75 Å². The molecule has 0 bridgehead atoms. The van der Waals surface area contributed by atoms with E-state index in [0.717, 1.165) is 24.2 Å². The fourth-order valence-corrected chi connectivity index (χ4v) is 2.01. The van der Waals surface area contributed by atoms with Crippen molar-refractivity contribution in [2.24, 2.45) is 0 Å². The van der Waals surface area contributed by atoms with Crippen LogP contribution in [0.4, 0.5) is 17.3 Å². The second-order valence-corrected chi connectivity index (χ2v) is 5.03. The van der Waals surface area contributed by atoms with Crippen molar-refractivity contribution in [2.75, 3.05) is 24.3 Å². The molecule has 0 fully saturated rings. The zero-order chi connectivity index (χ0) is 15.2. The highest BCUT2D eigenvalue weighted by Crippen LogP contribution is 2.32. The Hall–Kier alpha value is -2.01. The maximum atomic E-state index is 6.14. The number of hydrogen-bond donors (Lipinski definition) is 2.